The molecule has 0 saturated carbocycles. The summed E-state index contributed by atoms with van der Waals surface area (Å²) in [6.07, 6.45) is -0.445. The van der Waals surface area contributed by atoms with Crippen LogP contribution < -0.4 is 0 Å². The number of nitrogens with one attached hydrogen (secondary N) is 1. The Morgan fingerprint density at radius 1 is 1.43 bits per heavy atom. The lowest BCUT2D eigenvalue weighted by Gasteiger charge is -2.11. The van der Waals surface area contributed by atoms with E-state index in [9.17, 15) is 10.2 Å². The van der Waals surface area contributed by atoms with Crippen molar-refractivity contribution in [3.05, 3.63) is 18.2 Å². The summed E-state index contributed by atoms with van der Waals surface area (Å²) in [5, 5.41) is 27.9. The molecule has 4 atom stereocenters. The number of imidazole rings is 1. The van der Waals surface area contributed by atoms with E-state index in [4.69, 9.17) is 9.84 Å². The van der Waals surface area contributed by atoms with E-state index in [1.54, 1.807) is 6.20 Å². The fraction of sp³-hybridized carbons (Fsp3) is 0.625. The van der Waals surface area contributed by atoms with E-state index in [1.165, 1.54) is 6.20 Å². The molecule has 6 heteroatoms. The van der Waals surface area contributed by atoms with Gasteiger partial charge in [-0.25, -0.2) is 4.98 Å². The number of ether oxygens (including phenoxy) is 1. The molecule has 0 aliphatic carbocycles. The number of nitrogens with zero attached hydrogens (tertiary/aromatic N) is 1. The number of aromatic amines is 1. The van der Waals surface area contributed by atoms with Crippen molar-refractivity contribution >= 4 is 0 Å². The second-order valence-electron chi connectivity index (χ2n) is 3.23. The summed E-state index contributed by atoms with van der Waals surface area (Å²) in [6.45, 7) is -0.324. The van der Waals surface area contributed by atoms with Crippen LogP contribution in [0.5, 0.6) is 0 Å². The first-order chi connectivity index (χ1) is 6.74. The molecular weight excluding hydrogens is 188 g/mol. The first-order valence-electron chi connectivity index (χ1n) is 4.35. The van der Waals surface area contributed by atoms with Gasteiger partial charge >= 0.3 is 0 Å². The highest BCUT2D eigenvalue weighted by molar-refractivity contribution is 5.02. The molecule has 1 aliphatic heterocycles. The smallest absolute Gasteiger partial charge is 0.144 e. The molecule has 1 fully saturated rings. The van der Waals surface area contributed by atoms with Gasteiger partial charge in [-0.15, -0.1) is 0 Å². The molecule has 2 rings (SSSR count). The molecule has 0 radical (unpaired) electrons. The molecule has 6 nitrogen and oxygen atoms in total. The van der Waals surface area contributed by atoms with Crippen LogP contribution in [0.4, 0.5) is 0 Å². The second kappa shape index (κ2) is 3.66. The van der Waals surface area contributed by atoms with Crippen LogP contribution in [0, 0.1) is 0 Å². The predicted octanol–water partition coefficient (Wildman–Crippen LogP) is -1.44. The van der Waals surface area contributed by atoms with Gasteiger partial charge < -0.3 is 25.0 Å². The molecule has 1 aromatic rings. The maximum absolute atomic E-state index is 9.58. The Morgan fingerprint density at radius 3 is 2.71 bits per heavy atom. The van der Waals surface area contributed by atoms with Gasteiger partial charge in [-0.2, -0.15) is 0 Å². The second-order valence-corrected chi connectivity index (χ2v) is 3.23. The van der Waals surface area contributed by atoms with Crippen LogP contribution in [-0.4, -0.2) is 50.2 Å². The van der Waals surface area contributed by atoms with Crippen LogP contribution in [0.2, 0.25) is 0 Å². The molecule has 78 valence electrons. The van der Waals surface area contributed by atoms with Crippen LogP contribution in [0.1, 0.15) is 11.9 Å². The van der Waals surface area contributed by atoms with Gasteiger partial charge in [0.15, 0.2) is 0 Å². The number of H-pyrrole nitrogens is 1. The molecule has 14 heavy (non-hydrogen) atoms. The summed E-state index contributed by atoms with van der Waals surface area (Å²) in [4.78, 5) is 6.70. The normalized spacial score (nSPS) is 37.6. The number of rotatable bonds is 2. The van der Waals surface area contributed by atoms with Crippen molar-refractivity contribution in [3.8, 4) is 0 Å². The molecular formula is C8H12N2O4. The van der Waals surface area contributed by atoms with Crippen molar-refractivity contribution in [2.75, 3.05) is 6.61 Å². The van der Waals surface area contributed by atoms with Crippen LogP contribution >= 0.6 is 0 Å². The van der Waals surface area contributed by atoms with Crippen LogP contribution in [0.3, 0.4) is 0 Å². The van der Waals surface area contributed by atoms with Crippen LogP contribution in [0.25, 0.3) is 0 Å². The van der Waals surface area contributed by atoms with Crippen LogP contribution in [-0.2, 0) is 4.74 Å². The third-order valence-corrected chi connectivity index (χ3v) is 2.33. The Kier molecular flexibility index (Phi) is 2.51. The number of aromatic nitrogens is 2. The lowest BCUT2D eigenvalue weighted by Crippen LogP contribution is -2.32. The fourth-order valence-electron chi connectivity index (χ4n) is 1.56. The van der Waals surface area contributed by atoms with Crippen molar-refractivity contribution < 1.29 is 20.1 Å². The molecule has 0 unspecified atom stereocenters. The number of hydrogen-bond acceptors (Lipinski definition) is 5. The number of aliphatic hydroxyl groups excluding tert-OH is 3. The van der Waals surface area contributed by atoms with E-state index in [-0.39, 0.29) is 6.61 Å². The lowest BCUT2D eigenvalue weighted by molar-refractivity contribution is -0.0250. The summed E-state index contributed by atoms with van der Waals surface area (Å²) in [5.41, 5.74) is 0. The largest absolute Gasteiger partial charge is 0.394 e. The average molecular weight is 200 g/mol. The minimum atomic E-state index is -1.07. The monoisotopic (exact) mass is 200 g/mol. The summed E-state index contributed by atoms with van der Waals surface area (Å²) in [6, 6.07) is 0. The molecule has 0 aromatic carbocycles. The highest BCUT2D eigenvalue weighted by Gasteiger charge is 2.44. The van der Waals surface area contributed by atoms with E-state index in [0.29, 0.717) is 5.82 Å². The number of hydrogen-bond donors (Lipinski definition) is 4. The summed E-state index contributed by atoms with van der Waals surface area (Å²) < 4.78 is 5.24. The van der Waals surface area contributed by atoms with E-state index >= 15 is 0 Å². The molecule has 1 aliphatic rings. The minimum absolute atomic E-state index is 0.324. The maximum atomic E-state index is 9.58. The SMILES string of the molecule is OC[C@H]1O[C@@H](c2ncc[nH]2)[C@@H](O)[C@@H]1O. The summed E-state index contributed by atoms with van der Waals surface area (Å²) >= 11 is 0. The van der Waals surface area contributed by atoms with Gasteiger partial charge in [0, 0.05) is 12.4 Å². The van der Waals surface area contributed by atoms with Crippen molar-refractivity contribution in [2.24, 2.45) is 0 Å². The van der Waals surface area contributed by atoms with E-state index in [2.05, 4.69) is 9.97 Å². The van der Waals surface area contributed by atoms with E-state index in [1.807, 2.05) is 0 Å². The van der Waals surface area contributed by atoms with E-state index in [0.717, 1.165) is 0 Å². The zero-order valence-electron chi connectivity index (χ0n) is 7.37. The standard InChI is InChI=1S/C8H12N2O4/c11-3-4-5(12)6(13)7(14-4)8-9-1-2-10-8/h1-2,4-7,11-13H,3H2,(H,9,10)/t4-,5-,6+,7-/m1/s1. The van der Waals surface area contributed by atoms with Crippen LogP contribution in [0.15, 0.2) is 12.4 Å². The summed E-state index contributed by atoms with van der Waals surface area (Å²) in [5.74, 6) is 0.451. The molecule has 0 bridgehead atoms. The number of aliphatic hydroxyl groups is 3. The lowest BCUT2D eigenvalue weighted by atomic mass is 10.1. The molecule has 2 heterocycles. The highest BCUT2D eigenvalue weighted by atomic mass is 16.6. The van der Waals surface area contributed by atoms with Gasteiger partial charge in [0.1, 0.15) is 30.2 Å². The molecule has 0 spiro atoms. The van der Waals surface area contributed by atoms with Gasteiger partial charge in [0.25, 0.3) is 0 Å². The average Bonchev–Trinajstić information content (AvgIpc) is 2.78. The third-order valence-electron chi connectivity index (χ3n) is 2.33. The third kappa shape index (κ3) is 1.42. The topological polar surface area (TPSA) is 98.6 Å². The van der Waals surface area contributed by atoms with Gasteiger partial charge in [-0.05, 0) is 0 Å². The Balaban J connectivity index is 2.16. The van der Waals surface area contributed by atoms with E-state index < -0.39 is 24.4 Å². The first kappa shape index (κ1) is 9.60. The molecule has 1 saturated heterocycles. The Bertz CT molecular complexity index is 290. The maximum Gasteiger partial charge on any atom is 0.144 e. The predicted molar refractivity (Wildman–Crippen MR) is 45.3 cm³/mol. The molecule has 1 aromatic heterocycles. The highest BCUT2D eigenvalue weighted by Crippen LogP contribution is 2.31. The fourth-order valence-corrected chi connectivity index (χ4v) is 1.56. The zero-order chi connectivity index (χ0) is 10.1. The molecule has 0 amide bonds. The zero-order valence-corrected chi connectivity index (χ0v) is 7.37. The van der Waals surface area contributed by atoms with Gasteiger partial charge in [-0.3, -0.25) is 0 Å². The minimum Gasteiger partial charge on any atom is -0.394 e. The van der Waals surface area contributed by atoms with Crippen molar-refractivity contribution in [1.29, 1.82) is 0 Å². The van der Waals surface area contributed by atoms with Crippen molar-refractivity contribution in [2.45, 2.75) is 24.4 Å². The first-order valence-corrected chi connectivity index (χ1v) is 4.35. The Labute approximate surface area is 80.2 Å². The van der Waals surface area contributed by atoms with Gasteiger partial charge in [-0.1, -0.05) is 0 Å². The van der Waals surface area contributed by atoms with Gasteiger partial charge in [0.05, 0.1) is 6.61 Å². The van der Waals surface area contributed by atoms with Crippen molar-refractivity contribution in [3.63, 3.8) is 0 Å². The summed E-state index contributed by atoms with van der Waals surface area (Å²) in [7, 11) is 0. The van der Waals surface area contributed by atoms with Crippen molar-refractivity contribution in [1.82, 2.24) is 9.97 Å². The molecule has 4 N–H and O–H groups in total. The quantitative estimate of drug-likeness (QED) is 0.469. The Hall–Kier alpha value is -0.950. The van der Waals surface area contributed by atoms with Gasteiger partial charge in [0.2, 0.25) is 0 Å². The Morgan fingerprint density at radius 2 is 2.21 bits per heavy atom.